The number of nitrogens with zero attached hydrogens (tertiary/aromatic N) is 3. The van der Waals surface area contributed by atoms with Crippen molar-refractivity contribution >= 4 is 28.8 Å². The van der Waals surface area contributed by atoms with E-state index in [1.807, 2.05) is 60.4 Å². The highest BCUT2D eigenvalue weighted by Gasteiger charge is 2.42. The van der Waals surface area contributed by atoms with Crippen LogP contribution in [0.25, 0.3) is 5.57 Å². The van der Waals surface area contributed by atoms with Gasteiger partial charge in [0.2, 0.25) is 0 Å². The zero-order chi connectivity index (χ0) is 22.1. The Labute approximate surface area is 189 Å². The van der Waals surface area contributed by atoms with Gasteiger partial charge in [0.15, 0.2) is 0 Å². The van der Waals surface area contributed by atoms with Crippen molar-refractivity contribution in [2.45, 2.75) is 26.2 Å². The van der Waals surface area contributed by atoms with Gasteiger partial charge in [0, 0.05) is 31.9 Å². The first kappa shape index (κ1) is 20.8. The number of rotatable bonds is 4. The second-order valence-electron chi connectivity index (χ2n) is 8.70. The largest absolute Gasteiger partial charge is 0.378 e. The minimum Gasteiger partial charge on any atom is -0.378 e. The molecule has 166 valence electrons. The first-order valence-corrected chi connectivity index (χ1v) is 11.5. The maximum Gasteiger partial charge on any atom is 0.282 e. The highest BCUT2D eigenvalue weighted by molar-refractivity contribution is 6.45. The van der Waals surface area contributed by atoms with E-state index in [4.69, 9.17) is 4.74 Å². The van der Waals surface area contributed by atoms with Gasteiger partial charge < -0.3 is 14.5 Å². The molecule has 3 heterocycles. The van der Waals surface area contributed by atoms with Crippen LogP contribution in [0.3, 0.4) is 0 Å². The Hall–Kier alpha value is -3.12. The summed E-state index contributed by atoms with van der Waals surface area (Å²) in [7, 11) is 0. The summed E-state index contributed by atoms with van der Waals surface area (Å²) < 4.78 is 5.48. The highest BCUT2D eigenvalue weighted by atomic mass is 16.5. The molecule has 6 heteroatoms. The first-order chi connectivity index (χ1) is 15.6. The van der Waals surface area contributed by atoms with Crippen LogP contribution in [-0.4, -0.2) is 56.1 Å². The molecule has 2 aromatic rings. The Morgan fingerprint density at radius 1 is 0.688 bits per heavy atom. The molecular formula is C26H29N3O3. The fraction of sp³-hybridized carbons (Fsp3) is 0.385. The second-order valence-corrected chi connectivity index (χ2v) is 8.70. The molecule has 0 spiro atoms. The van der Waals surface area contributed by atoms with Gasteiger partial charge in [-0.1, -0.05) is 29.8 Å². The number of piperidine rings is 1. The molecule has 0 aliphatic carbocycles. The van der Waals surface area contributed by atoms with Gasteiger partial charge in [0.25, 0.3) is 11.8 Å². The molecule has 2 fully saturated rings. The molecule has 2 aromatic carbocycles. The van der Waals surface area contributed by atoms with Crippen LogP contribution in [0.4, 0.5) is 11.4 Å². The fourth-order valence-electron chi connectivity index (χ4n) is 4.78. The standard InChI is InChI=1S/C26H29N3O3/c1-19-5-7-20(8-6-19)23-24(28-15-17-32-18-16-28)26(31)29(25(23)30)22-11-9-21(10-12-22)27-13-3-2-4-14-27/h5-12H,2-4,13-18H2,1H3. The molecule has 2 saturated heterocycles. The summed E-state index contributed by atoms with van der Waals surface area (Å²) in [5.41, 5.74) is 4.63. The van der Waals surface area contributed by atoms with Crippen LogP contribution in [0, 0.1) is 6.92 Å². The summed E-state index contributed by atoms with van der Waals surface area (Å²) in [6.45, 7) is 6.44. The van der Waals surface area contributed by atoms with E-state index in [-0.39, 0.29) is 11.8 Å². The quantitative estimate of drug-likeness (QED) is 0.693. The van der Waals surface area contributed by atoms with Gasteiger partial charge in [0.05, 0.1) is 24.5 Å². The van der Waals surface area contributed by atoms with Gasteiger partial charge in [-0.2, -0.15) is 0 Å². The van der Waals surface area contributed by atoms with E-state index < -0.39 is 0 Å². The number of morpholine rings is 1. The third kappa shape index (κ3) is 3.79. The number of carbonyl (C=O) groups excluding carboxylic acids is 2. The van der Waals surface area contributed by atoms with Crippen molar-refractivity contribution in [1.29, 1.82) is 0 Å². The normalized spacial score (nSPS) is 19.8. The van der Waals surface area contributed by atoms with Gasteiger partial charge in [-0.3, -0.25) is 9.59 Å². The molecule has 0 unspecified atom stereocenters. The van der Waals surface area contributed by atoms with Crippen molar-refractivity contribution in [3.8, 4) is 0 Å². The minimum absolute atomic E-state index is 0.252. The molecule has 0 aromatic heterocycles. The van der Waals surface area contributed by atoms with Gasteiger partial charge >= 0.3 is 0 Å². The number of imide groups is 1. The van der Waals surface area contributed by atoms with Gasteiger partial charge in [-0.25, -0.2) is 4.90 Å². The average molecular weight is 432 g/mol. The maximum absolute atomic E-state index is 13.6. The van der Waals surface area contributed by atoms with Crippen LogP contribution < -0.4 is 9.80 Å². The molecule has 3 aliphatic rings. The van der Waals surface area contributed by atoms with E-state index in [1.165, 1.54) is 24.2 Å². The first-order valence-electron chi connectivity index (χ1n) is 11.5. The minimum atomic E-state index is -0.258. The highest BCUT2D eigenvalue weighted by Crippen LogP contribution is 2.36. The topological polar surface area (TPSA) is 53.1 Å². The van der Waals surface area contributed by atoms with Crippen molar-refractivity contribution in [2.75, 3.05) is 49.2 Å². The predicted molar refractivity (Wildman–Crippen MR) is 125 cm³/mol. The Kier molecular flexibility index (Phi) is 5.70. The van der Waals surface area contributed by atoms with E-state index in [0.29, 0.717) is 43.3 Å². The van der Waals surface area contributed by atoms with Crippen LogP contribution in [0.15, 0.2) is 54.2 Å². The molecule has 2 amide bonds. The van der Waals surface area contributed by atoms with E-state index in [2.05, 4.69) is 4.90 Å². The molecule has 3 aliphatic heterocycles. The van der Waals surface area contributed by atoms with Crippen LogP contribution in [0.2, 0.25) is 0 Å². The van der Waals surface area contributed by atoms with E-state index in [9.17, 15) is 9.59 Å². The van der Waals surface area contributed by atoms with E-state index in [1.54, 1.807) is 0 Å². The van der Waals surface area contributed by atoms with Crippen molar-refractivity contribution in [3.63, 3.8) is 0 Å². The Morgan fingerprint density at radius 3 is 1.97 bits per heavy atom. The summed E-state index contributed by atoms with van der Waals surface area (Å²) in [6.07, 6.45) is 3.69. The summed E-state index contributed by atoms with van der Waals surface area (Å²) in [5, 5.41) is 0. The van der Waals surface area contributed by atoms with Crippen LogP contribution in [-0.2, 0) is 14.3 Å². The molecule has 0 atom stereocenters. The molecular weight excluding hydrogens is 402 g/mol. The van der Waals surface area contributed by atoms with Crippen molar-refractivity contribution in [3.05, 3.63) is 65.4 Å². The number of anilines is 2. The molecule has 5 rings (SSSR count). The molecule has 0 saturated carbocycles. The van der Waals surface area contributed by atoms with E-state index in [0.717, 1.165) is 29.9 Å². The Morgan fingerprint density at radius 2 is 1.31 bits per heavy atom. The lowest BCUT2D eigenvalue weighted by Crippen LogP contribution is -2.40. The molecule has 6 nitrogen and oxygen atoms in total. The van der Waals surface area contributed by atoms with Crippen LogP contribution in [0.5, 0.6) is 0 Å². The van der Waals surface area contributed by atoms with Gasteiger partial charge in [-0.05, 0) is 56.0 Å². The van der Waals surface area contributed by atoms with Crippen LogP contribution >= 0.6 is 0 Å². The number of aryl methyl sites for hydroxylation is 1. The van der Waals surface area contributed by atoms with Crippen LogP contribution in [0.1, 0.15) is 30.4 Å². The summed E-state index contributed by atoms with van der Waals surface area (Å²) in [5.74, 6) is -0.510. The number of hydrogen-bond donors (Lipinski definition) is 0. The number of carbonyl (C=O) groups is 2. The van der Waals surface area contributed by atoms with Crippen molar-refractivity contribution in [1.82, 2.24) is 4.90 Å². The Balaban J connectivity index is 1.49. The van der Waals surface area contributed by atoms with Gasteiger partial charge in [0.1, 0.15) is 5.70 Å². The lowest BCUT2D eigenvalue weighted by Gasteiger charge is -2.30. The maximum atomic E-state index is 13.6. The fourth-order valence-corrected chi connectivity index (χ4v) is 4.78. The predicted octanol–water partition coefficient (Wildman–Crippen LogP) is 3.60. The summed E-state index contributed by atoms with van der Waals surface area (Å²) in [6, 6.07) is 15.7. The molecule has 0 radical (unpaired) electrons. The number of benzene rings is 2. The molecule has 0 N–H and O–H groups in total. The lowest BCUT2D eigenvalue weighted by molar-refractivity contribution is -0.121. The lowest BCUT2D eigenvalue weighted by atomic mass is 10.0. The Bertz CT molecular complexity index is 1030. The van der Waals surface area contributed by atoms with Crippen molar-refractivity contribution < 1.29 is 14.3 Å². The van der Waals surface area contributed by atoms with Gasteiger partial charge in [-0.15, -0.1) is 0 Å². The second kappa shape index (κ2) is 8.79. The number of amides is 2. The zero-order valence-corrected chi connectivity index (χ0v) is 18.5. The average Bonchev–Trinajstić information content (AvgIpc) is 3.11. The number of ether oxygens (including phenoxy) is 1. The monoisotopic (exact) mass is 431 g/mol. The molecule has 0 bridgehead atoms. The summed E-state index contributed by atoms with van der Waals surface area (Å²) in [4.78, 5) is 32.9. The third-order valence-corrected chi connectivity index (χ3v) is 6.56. The summed E-state index contributed by atoms with van der Waals surface area (Å²) >= 11 is 0. The zero-order valence-electron chi connectivity index (χ0n) is 18.5. The van der Waals surface area contributed by atoms with E-state index >= 15 is 0 Å². The third-order valence-electron chi connectivity index (χ3n) is 6.56. The smallest absolute Gasteiger partial charge is 0.282 e. The van der Waals surface area contributed by atoms with Crippen molar-refractivity contribution in [2.24, 2.45) is 0 Å². The SMILES string of the molecule is Cc1ccc(C2=C(N3CCOCC3)C(=O)N(c3ccc(N4CCCCC4)cc3)C2=O)cc1. The molecule has 32 heavy (non-hydrogen) atoms. The number of hydrogen-bond acceptors (Lipinski definition) is 5.